The standard InChI is InChI=1S/C16H19N3O4S/c1-2-23-15-10-14(18-19(15)13-6-4-3-5-7-13)16(20)17-12-8-9-24(21,22)11-12/h3-7,10,12H,2,8-9,11H2,1H3,(H,17,20)/t12-/m1/s1. The Balaban J connectivity index is 1.82. The summed E-state index contributed by atoms with van der Waals surface area (Å²) in [4.78, 5) is 12.4. The molecule has 0 radical (unpaired) electrons. The number of hydrogen-bond donors (Lipinski definition) is 1. The van der Waals surface area contributed by atoms with Crippen LogP contribution in [0.2, 0.25) is 0 Å². The average molecular weight is 349 g/mol. The summed E-state index contributed by atoms with van der Waals surface area (Å²) in [6.45, 7) is 2.30. The van der Waals surface area contributed by atoms with Gasteiger partial charge in [-0.15, -0.1) is 0 Å². The second-order valence-corrected chi connectivity index (χ2v) is 7.85. The lowest BCUT2D eigenvalue weighted by Crippen LogP contribution is -2.35. The topological polar surface area (TPSA) is 90.3 Å². The Hall–Kier alpha value is -2.35. The van der Waals surface area contributed by atoms with Crippen molar-refractivity contribution < 1.29 is 17.9 Å². The van der Waals surface area contributed by atoms with Crippen LogP contribution in [0.4, 0.5) is 0 Å². The molecule has 1 aromatic carbocycles. The Morgan fingerprint density at radius 1 is 1.38 bits per heavy atom. The summed E-state index contributed by atoms with van der Waals surface area (Å²) in [5.41, 5.74) is 0.982. The summed E-state index contributed by atoms with van der Waals surface area (Å²) < 4.78 is 30.1. The first-order valence-corrected chi connectivity index (χ1v) is 9.60. The maximum absolute atomic E-state index is 12.4. The first-order valence-electron chi connectivity index (χ1n) is 7.78. The molecule has 128 valence electrons. The maximum Gasteiger partial charge on any atom is 0.272 e. The third kappa shape index (κ3) is 3.59. The van der Waals surface area contributed by atoms with E-state index in [9.17, 15) is 13.2 Å². The van der Waals surface area contributed by atoms with Gasteiger partial charge in [-0.3, -0.25) is 4.79 Å². The van der Waals surface area contributed by atoms with Gasteiger partial charge in [-0.05, 0) is 25.5 Å². The molecule has 2 heterocycles. The summed E-state index contributed by atoms with van der Waals surface area (Å²) in [5, 5.41) is 7.04. The smallest absolute Gasteiger partial charge is 0.272 e. The molecule has 24 heavy (non-hydrogen) atoms. The Bertz CT molecular complexity index is 830. The number of carbonyl (C=O) groups excluding carboxylic acids is 1. The lowest BCUT2D eigenvalue weighted by atomic mass is 10.2. The number of aromatic nitrogens is 2. The second-order valence-electron chi connectivity index (χ2n) is 5.62. The lowest BCUT2D eigenvalue weighted by molar-refractivity contribution is 0.0935. The minimum Gasteiger partial charge on any atom is -0.478 e. The molecule has 1 aromatic heterocycles. The number of nitrogens with zero attached hydrogens (tertiary/aromatic N) is 2. The van der Waals surface area contributed by atoms with Crippen LogP contribution in [0.15, 0.2) is 36.4 Å². The molecule has 8 heteroatoms. The molecule has 1 aliphatic heterocycles. The quantitative estimate of drug-likeness (QED) is 0.876. The minimum absolute atomic E-state index is 0.0174. The zero-order chi connectivity index (χ0) is 17.2. The van der Waals surface area contributed by atoms with Crippen LogP contribution in [-0.2, 0) is 9.84 Å². The Kier molecular flexibility index (Phi) is 4.57. The molecule has 0 unspecified atom stereocenters. The summed E-state index contributed by atoms with van der Waals surface area (Å²) in [6.07, 6.45) is 0.436. The van der Waals surface area contributed by atoms with E-state index in [1.54, 1.807) is 10.7 Å². The molecule has 1 N–H and O–H groups in total. The molecule has 0 aliphatic carbocycles. The van der Waals surface area contributed by atoms with E-state index in [0.717, 1.165) is 5.69 Å². The van der Waals surface area contributed by atoms with Gasteiger partial charge >= 0.3 is 0 Å². The number of ether oxygens (including phenoxy) is 1. The van der Waals surface area contributed by atoms with Gasteiger partial charge in [0.25, 0.3) is 5.91 Å². The first-order chi connectivity index (χ1) is 11.5. The fourth-order valence-electron chi connectivity index (χ4n) is 2.65. The molecule has 1 aliphatic rings. The van der Waals surface area contributed by atoms with Crippen molar-refractivity contribution in [2.24, 2.45) is 0 Å². The van der Waals surface area contributed by atoms with Crippen molar-refractivity contribution in [3.05, 3.63) is 42.1 Å². The highest BCUT2D eigenvalue weighted by Gasteiger charge is 2.30. The van der Waals surface area contributed by atoms with E-state index >= 15 is 0 Å². The summed E-state index contributed by atoms with van der Waals surface area (Å²) in [7, 11) is -3.04. The van der Waals surface area contributed by atoms with Gasteiger partial charge in [-0.25, -0.2) is 13.1 Å². The van der Waals surface area contributed by atoms with Crippen LogP contribution in [0.3, 0.4) is 0 Å². The van der Waals surface area contributed by atoms with Gasteiger partial charge in [-0.1, -0.05) is 18.2 Å². The van der Waals surface area contributed by atoms with Gasteiger partial charge in [0.15, 0.2) is 15.5 Å². The number of amides is 1. The van der Waals surface area contributed by atoms with E-state index in [0.29, 0.717) is 18.9 Å². The van der Waals surface area contributed by atoms with Crippen molar-refractivity contribution in [3.8, 4) is 11.6 Å². The monoisotopic (exact) mass is 349 g/mol. The second kappa shape index (κ2) is 6.64. The van der Waals surface area contributed by atoms with Crippen LogP contribution in [0.25, 0.3) is 5.69 Å². The van der Waals surface area contributed by atoms with Crippen molar-refractivity contribution in [3.63, 3.8) is 0 Å². The third-order valence-corrected chi connectivity index (χ3v) is 5.54. The zero-order valence-electron chi connectivity index (χ0n) is 13.3. The first kappa shape index (κ1) is 16.5. The molecule has 2 aromatic rings. The molecule has 3 rings (SSSR count). The average Bonchev–Trinajstić information content (AvgIpc) is 3.12. The van der Waals surface area contributed by atoms with E-state index in [1.807, 2.05) is 37.3 Å². The van der Waals surface area contributed by atoms with Gasteiger partial charge in [0.05, 0.1) is 23.8 Å². The summed E-state index contributed by atoms with van der Waals surface area (Å²) in [6, 6.07) is 10.6. The molecule has 0 saturated carbocycles. The lowest BCUT2D eigenvalue weighted by Gasteiger charge is -2.08. The molecule has 0 spiro atoms. The molecular weight excluding hydrogens is 330 g/mol. The van der Waals surface area contributed by atoms with Crippen molar-refractivity contribution in [2.75, 3.05) is 18.1 Å². The predicted molar refractivity (Wildman–Crippen MR) is 89.3 cm³/mol. The van der Waals surface area contributed by atoms with E-state index in [4.69, 9.17) is 4.74 Å². The van der Waals surface area contributed by atoms with Crippen LogP contribution in [0.1, 0.15) is 23.8 Å². The highest BCUT2D eigenvalue weighted by molar-refractivity contribution is 7.91. The van der Waals surface area contributed by atoms with Crippen LogP contribution in [0.5, 0.6) is 5.88 Å². The van der Waals surface area contributed by atoms with E-state index in [1.165, 1.54) is 0 Å². The Labute approximate surface area is 140 Å². The molecule has 1 atom stereocenters. The minimum atomic E-state index is -3.04. The molecule has 1 amide bonds. The number of hydrogen-bond acceptors (Lipinski definition) is 5. The number of para-hydroxylation sites is 1. The van der Waals surface area contributed by atoms with Gasteiger partial charge in [0.2, 0.25) is 5.88 Å². The van der Waals surface area contributed by atoms with Crippen LogP contribution >= 0.6 is 0 Å². The SMILES string of the molecule is CCOc1cc(C(=O)N[C@@H]2CCS(=O)(=O)C2)nn1-c1ccccc1. The Morgan fingerprint density at radius 2 is 2.12 bits per heavy atom. The highest BCUT2D eigenvalue weighted by Crippen LogP contribution is 2.20. The Morgan fingerprint density at radius 3 is 2.75 bits per heavy atom. The van der Waals surface area contributed by atoms with E-state index in [2.05, 4.69) is 10.4 Å². The van der Waals surface area contributed by atoms with Gasteiger partial charge in [0.1, 0.15) is 0 Å². The largest absolute Gasteiger partial charge is 0.478 e. The summed E-state index contributed by atoms with van der Waals surface area (Å²) in [5.74, 6) is 0.164. The van der Waals surface area contributed by atoms with Gasteiger partial charge in [-0.2, -0.15) is 5.10 Å². The van der Waals surface area contributed by atoms with Crippen molar-refractivity contribution in [1.29, 1.82) is 0 Å². The van der Waals surface area contributed by atoms with Crippen LogP contribution in [-0.4, -0.2) is 48.3 Å². The third-order valence-electron chi connectivity index (χ3n) is 3.77. The normalized spacial score (nSPS) is 19.1. The van der Waals surface area contributed by atoms with Crippen molar-refractivity contribution in [2.45, 2.75) is 19.4 Å². The number of rotatable bonds is 5. The number of nitrogens with one attached hydrogen (secondary N) is 1. The zero-order valence-corrected chi connectivity index (χ0v) is 14.1. The van der Waals surface area contributed by atoms with Gasteiger partial charge in [0, 0.05) is 12.1 Å². The molecule has 7 nitrogen and oxygen atoms in total. The highest BCUT2D eigenvalue weighted by atomic mass is 32.2. The van der Waals surface area contributed by atoms with Crippen LogP contribution in [0, 0.1) is 0 Å². The molecular formula is C16H19N3O4S. The molecule has 1 saturated heterocycles. The molecule has 0 bridgehead atoms. The van der Waals surface area contributed by atoms with Crippen molar-refractivity contribution in [1.82, 2.24) is 15.1 Å². The van der Waals surface area contributed by atoms with Gasteiger partial charge < -0.3 is 10.1 Å². The summed E-state index contributed by atoms with van der Waals surface area (Å²) >= 11 is 0. The van der Waals surface area contributed by atoms with Crippen molar-refractivity contribution >= 4 is 15.7 Å². The maximum atomic E-state index is 12.4. The number of carbonyl (C=O) groups is 1. The van der Waals surface area contributed by atoms with E-state index < -0.39 is 15.7 Å². The van der Waals surface area contributed by atoms with E-state index in [-0.39, 0.29) is 23.2 Å². The fraction of sp³-hybridized carbons (Fsp3) is 0.375. The fourth-order valence-corrected chi connectivity index (χ4v) is 4.32. The number of benzene rings is 1. The molecule has 1 fully saturated rings. The van der Waals surface area contributed by atoms with Crippen LogP contribution < -0.4 is 10.1 Å². The predicted octanol–water partition coefficient (Wildman–Crippen LogP) is 1.19. The number of sulfone groups is 1.